The van der Waals surface area contributed by atoms with Gasteiger partial charge in [-0.3, -0.25) is 9.59 Å². The van der Waals surface area contributed by atoms with Crippen LogP contribution in [-0.2, 0) is 0 Å². The van der Waals surface area contributed by atoms with Crippen molar-refractivity contribution in [3.05, 3.63) is 53.3 Å². The van der Waals surface area contributed by atoms with Crippen LogP contribution < -0.4 is 14.4 Å². The molecule has 0 unspecified atom stereocenters. The lowest BCUT2D eigenvalue weighted by Crippen LogP contribution is -2.37. The third-order valence-corrected chi connectivity index (χ3v) is 3.96. The Bertz CT molecular complexity index is 796. The number of halogens is 1. The van der Waals surface area contributed by atoms with Crippen molar-refractivity contribution in [1.82, 2.24) is 0 Å². The number of fused-ring (bicyclic) bond motifs is 1. The highest BCUT2D eigenvalue weighted by Crippen LogP contribution is 2.31. The topological polar surface area (TPSA) is 55.8 Å². The number of nitrogens with zero attached hydrogens (tertiary/aromatic N) is 1. The molecule has 0 N–H and O–H groups in total. The third kappa shape index (κ3) is 2.82. The molecule has 2 aromatic carbocycles. The normalized spacial score (nSPS) is 13.5. The summed E-state index contributed by atoms with van der Waals surface area (Å²) in [5.41, 5.74) is 1.01. The van der Waals surface area contributed by atoms with Gasteiger partial charge in [0.05, 0.1) is 19.9 Å². The van der Waals surface area contributed by atoms with E-state index in [0.29, 0.717) is 22.7 Å². The SMILES string of the molecule is COc1cc(OC)cc(C(=O)N2CCC(=O)c3cc(F)ccc32)c1. The van der Waals surface area contributed by atoms with E-state index in [1.54, 1.807) is 18.2 Å². The summed E-state index contributed by atoms with van der Waals surface area (Å²) in [5, 5.41) is 0. The Labute approximate surface area is 138 Å². The van der Waals surface area contributed by atoms with Crippen LogP contribution in [0.5, 0.6) is 11.5 Å². The van der Waals surface area contributed by atoms with Crippen LogP contribution in [0.25, 0.3) is 0 Å². The first-order valence-corrected chi connectivity index (χ1v) is 7.41. The van der Waals surface area contributed by atoms with Crippen molar-refractivity contribution in [2.75, 3.05) is 25.7 Å². The Morgan fingerprint density at radius 1 is 1.08 bits per heavy atom. The summed E-state index contributed by atoms with van der Waals surface area (Å²) in [5.74, 6) is 0.0130. The molecule has 24 heavy (non-hydrogen) atoms. The van der Waals surface area contributed by atoms with E-state index in [1.807, 2.05) is 0 Å². The number of amides is 1. The fraction of sp³-hybridized carbons (Fsp3) is 0.222. The molecule has 1 heterocycles. The van der Waals surface area contributed by atoms with Gasteiger partial charge < -0.3 is 14.4 Å². The average molecular weight is 329 g/mol. The van der Waals surface area contributed by atoms with E-state index in [4.69, 9.17) is 9.47 Å². The molecule has 0 aliphatic carbocycles. The summed E-state index contributed by atoms with van der Waals surface area (Å²) >= 11 is 0. The van der Waals surface area contributed by atoms with Crippen molar-refractivity contribution in [2.24, 2.45) is 0 Å². The Morgan fingerprint density at radius 2 is 1.75 bits per heavy atom. The van der Waals surface area contributed by atoms with Gasteiger partial charge in [-0.1, -0.05) is 0 Å². The van der Waals surface area contributed by atoms with E-state index in [9.17, 15) is 14.0 Å². The molecule has 0 spiro atoms. The number of ketones is 1. The molecule has 1 aliphatic heterocycles. The lowest BCUT2D eigenvalue weighted by atomic mass is 9.99. The number of hydrogen-bond donors (Lipinski definition) is 0. The summed E-state index contributed by atoms with van der Waals surface area (Å²) in [6.45, 7) is 0.246. The zero-order chi connectivity index (χ0) is 17.3. The fourth-order valence-electron chi connectivity index (χ4n) is 2.73. The van der Waals surface area contributed by atoms with Crippen LogP contribution in [0, 0.1) is 5.82 Å². The van der Waals surface area contributed by atoms with Gasteiger partial charge in [-0.15, -0.1) is 0 Å². The summed E-state index contributed by atoms with van der Waals surface area (Å²) in [6.07, 6.45) is 0.156. The largest absolute Gasteiger partial charge is 0.497 e. The zero-order valence-corrected chi connectivity index (χ0v) is 13.3. The maximum atomic E-state index is 13.4. The quantitative estimate of drug-likeness (QED) is 0.868. The summed E-state index contributed by atoms with van der Waals surface area (Å²) in [7, 11) is 3.00. The minimum absolute atomic E-state index is 0.156. The number of rotatable bonds is 3. The number of benzene rings is 2. The van der Waals surface area contributed by atoms with Crippen molar-refractivity contribution in [2.45, 2.75) is 6.42 Å². The molecule has 0 aromatic heterocycles. The molecule has 124 valence electrons. The van der Waals surface area contributed by atoms with E-state index in [2.05, 4.69) is 0 Å². The second-order valence-electron chi connectivity index (χ2n) is 5.39. The van der Waals surface area contributed by atoms with Gasteiger partial charge in [0.2, 0.25) is 0 Å². The monoisotopic (exact) mass is 329 g/mol. The van der Waals surface area contributed by atoms with E-state index < -0.39 is 5.82 Å². The highest BCUT2D eigenvalue weighted by molar-refractivity contribution is 6.13. The molecule has 2 aromatic rings. The third-order valence-electron chi connectivity index (χ3n) is 3.96. The van der Waals surface area contributed by atoms with Crippen LogP contribution in [0.1, 0.15) is 27.1 Å². The van der Waals surface area contributed by atoms with Gasteiger partial charge in [-0.2, -0.15) is 0 Å². The number of carbonyl (C=O) groups excluding carboxylic acids is 2. The highest BCUT2D eigenvalue weighted by atomic mass is 19.1. The van der Waals surface area contributed by atoms with Gasteiger partial charge in [0.15, 0.2) is 5.78 Å². The molecular weight excluding hydrogens is 313 g/mol. The van der Waals surface area contributed by atoms with Gasteiger partial charge in [0.1, 0.15) is 17.3 Å². The van der Waals surface area contributed by atoms with Gasteiger partial charge >= 0.3 is 0 Å². The molecule has 0 fully saturated rings. The number of anilines is 1. The van der Waals surface area contributed by atoms with E-state index in [1.165, 1.54) is 37.3 Å². The Balaban J connectivity index is 2.03. The van der Waals surface area contributed by atoms with Crippen LogP contribution in [0.2, 0.25) is 0 Å². The van der Waals surface area contributed by atoms with Crippen molar-refractivity contribution in [3.63, 3.8) is 0 Å². The van der Waals surface area contributed by atoms with Crippen molar-refractivity contribution < 1.29 is 23.5 Å². The first-order chi connectivity index (χ1) is 11.5. The molecule has 1 aliphatic rings. The first-order valence-electron chi connectivity index (χ1n) is 7.41. The lowest BCUT2D eigenvalue weighted by Gasteiger charge is -2.29. The molecule has 0 bridgehead atoms. The first kappa shape index (κ1) is 16.0. The minimum Gasteiger partial charge on any atom is -0.497 e. The average Bonchev–Trinajstić information content (AvgIpc) is 2.61. The molecule has 0 saturated heterocycles. The number of carbonyl (C=O) groups is 2. The smallest absolute Gasteiger partial charge is 0.258 e. The predicted octanol–water partition coefficient (Wildman–Crippen LogP) is 3.08. The molecular formula is C18H16FNO4. The van der Waals surface area contributed by atoms with Gasteiger partial charge in [-0.05, 0) is 30.3 Å². The minimum atomic E-state index is -0.501. The van der Waals surface area contributed by atoms with E-state index >= 15 is 0 Å². The maximum Gasteiger partial charge on any atom is 0.258 e. The summed E-state index contributed by atoms with van der Waals surface area (Å²) in [6, 6.07) is 8.74. The van der Waals surface area contributed by atoms with Gasteiger partial charge in [0.25, 0.3) is 5.91 Å². The van der Waals surface area contributed by atoms with Crippen LogP contribution in [0.3, 0.4) is 0 Å². The molecule has 3 rings (SSSR count). The number of ether oxygens (including phenoxy) is 2. The van der Waals surface area contributed by atoms with Crippen molar-refractivity contribution >= 4 is 17.4 Å². The standard InChI is InChI=1S/C18H16FNO4/c1-23-13-7-11(8-14(10-13)24-2)18(22)20-6-5-17(21)15-9-12(19)3-4-16(15)20/h3-4,7-10H,5-6H2,1-2H3. The Kier molecular flexibility index (Phi) is 4.20. The number of hydrogen-bond acceptors (Lipinski definition) is 4. The van der Waals surface area contributed by atoms with Gasteiger partial charge in [0, 0.05) is 30.2 Å². The van der Waals surface area contributed by atoms with E-state index in [0.717, 1.165) is 0 Å². The van der Waals surface area contributed by atoms with Gasteiger partial charge in [-0.25, -0.2) is 4.39 Å². The highest BCUT2D eigenvalue weighted by Gasteiger charge is 2.28. The van der Waals surface area contributed by atoms with Crippen molar-refractivity contribution in [1.29, 1.82) is 0 Å². The van der Waals surface area contributed by atoms with Crippen LogP contribution in [-0.4, -0.2) is 32.5 Å². The Morgan fingerprint density at radius 3 is 2.38 bits per heavy atom. The summed E-state index contributed by atoms with van der Waals surface area (Å²) in [4.78, 5) is 26.4. The lowest BCUT2D eigenvalue weighted by molar-refractivity contribution is 0.0954. The predicted molar refractivity (Wildman–Crippen MR) is 86.6 cm³/mol. The number of methoxy groups -OCH3 is 2. The second kappa shape index (κ2) is 6.31. The van der Waals surface area contributed by atoms with Crippen LogP contribution in [0.15, 0.2) is 36.4 Å². The number of Topliss-reactive ketones (excluding diaryl/α,β-unsaturated/α-hetero) is 1. The maximum absolute atomic E-state index is 13.4. The van der Waals surface area contributed by atoms with Crippen LogP contribution >= 0.6 is 0 Å². The molecule has 0 radical (unpaired) electrons. The fourth-order valence-corrected chi connectivity index (χ4v) is 2.73. The molecule has 0 atom stereocenters. The zero-order valence-electron chi connectivity index (χ0n) is 13.3. The molecule has 6 heteroatoms. The molecule has 5 nitrogen and oxygen atoms in total. The molecule has 1 amide bonds. The summed E-state index contributed by atoms with van der Waals surface area (Å²) < 4.78 is 23.8. The van der Waals surface area contributed by atoms with Crippen molar-refractivity contribution in [3.8, 4) is 11.5 Å². The second-order valence-corrected chi connectivity index (χ2v) is 5.39. The van der Waals surface area contributed by atoms with Crippen LogP contribution in [0.4, 0.5) is 10.1 Å². The van der Waals surface area contributed by atoms with E-state index in [-0.39, 0.29) is 30.2 Å². The Hall–Kier alpha value is -2.89. The molecule has 0 saturated carbocycles.